The van der Waals surface area contributed by atoms with E-state index in [1.165, 1.54) is 0 Å². The Balaban J connectivity index is 5.04. The molecule has 0 heterocycles. The summed E-state index contributed by atoms with van der Waals surface area (Å²) in [6.45, 7) is -0.441. The lowest BCUT2D eigenvalue weighted by atomic mass is 10.1. The van der Waals surface area contributed by atoms with Crippen LogP contribution in [-0.4, -0.2) is 34.3 Å². The molecule has 80 valence electrons. The first-order chi connectivity index (χ1) is 5.44. The molecule has 0 fully saturated rings. The van der Waals surface area contributed by atoms with Gasteiger partial charge in [0, 0.05) is 6.92 Å². The summed E-state index contributed by atoms with van der Waals surface area (Å²) >= 11 is 0. The van der Waals surface area contributed by atoms with Crippen LogP contribution in [0.5, 0.6) is 0 Å². The molecule has 0 aliphatic rings. The third-order valence-corrected chi connectivity index (χ3v) is 1.29. The van der Waals surface area contributed by atoms with Crippen molar-refractivity contribution in [2.75, 3.05) is 0 Å². The van der Waals surface area contributed by atoms with E-state index in [-0.39, 0.29) is 0 Å². The van der Waals surface area contributed by atoms with Gasteiger partial charge in [-0.25, -0.2) is 0 Å². The molecule has 2 N–H and O–H groups in total. The number of rotatable bonds is 3. The lowest BCUT2D eigenvalue weighted by Gasteiger charge is -2.31. The molecule has 0 spiro atoms. The average molecular weight is 212 g/mol. The Morgan fingerprint density at radius 2 is 1.23 bits per heavy atom. The maximum absolute atomic E-state index is 12.1. The molecule has 0 saturated carbocycles. The summed E-state index contributed by atoms with van der Waals surface area (Å²) in [5, 5.41) is 15.5. The average Bonchev–Trinajstić information content (AvgIpc) is 1.84. The SMILES string of the molecule is CC(F)(F)C(F)(F)C(F)(F)C(O)O. The fourth-order valence-electron chi connectivity index (χ4n) is 0.455. The molecule has 0 saturated heterocycles. The highest BCUT2D eigenvalue weighted by molar-refractivity contribution is 4.95. The fourth-order valence-corrected chi connectivity index (χ4v) is 0.455. The van der Waals surface area contributed by atoms with Crippen molar-refractivity contribution >= 4 is 0 Å². The van der Waals surface area contributed by atoms with Gasteiger partial charge in [0.25, 0.3) is 0 Å². The van der Waals surface area contributed by atoms with Crippen molar-refractivity contribution < 1.29 is 36.6 Å². The molecule has 0 aliphatic carbocycles. The van der Waals surface area contributed by atoms with E-state index in [1.807, 2.05) is 0 Å². The van der Waals surface area contributed by atoms with Gasteiger partial charge in [-0.1, -0.05) is 0 Å². The molecule has 8 heteroatoms. The molecule has 2 nitrogen and oxygen atoms in total. The normalized spacial score (nSPS) is 15.2. The zero-order valence-corrected chi connectivity index (χ0v) is 6.24. The number of halogens is 6. The first kappa shape index (κ1) is 12.5. The molecule has 0 aromatic carbocycles. The fraction of sp³-hybridized carbons (Fsp3) is 1.00. The maximum atomic E-state index is 12.1. The lowest BCUT2D eigenvalue weighted by molar-refractivity contribution is -0.356. The van der Waals surface area contributed by atoms with Crippen molar-refractivity contribution in [1.29, 1.82) is 0 Å². The van der Waals surface area contributed by atoms with Crippen LogP contribution in [0, 0.1) is 0 Å². The summed E-state index contributed by atoms with van der Waals surface area (Å²) in [6, 6.07) is 0. The number of hydrogen-bond donors (Lipinski definition) is 2. The standard InChI is InChI=1S/C5H6F6O2/c1-3(6,7)5(10,11)4(8,9)2(12)13/h2,12-13H,1H3. The van der Waals surface area contributed by atoms with Crippen molar-refractivity contribution in [3.05, 3.63) is 0 Å². The van der Waals surface area contributed by atoms with Crippen LogP contribution in [0.25, 0.3) is 0 Å². The largest absolute Gasteiger partial charge is 0.376 e. The molecule has 0 radical (unpaired) electrons. The second kappa shape index (κ2) is 3.02. The topological polar surface area (TPSA) is 40.5 Å². The van der Waals surface area contributed by atoms with Crippen LogP contribution in [0.15, 0.2) is 0 Å². The molecule has 0 aliphatic heterocycles. The smallest absolute Gasteiger partial charge is 0.363 e. The molecular formula is C5H6F6O2. The van der Waals surface area contributed by atoms with E-state index >= 15 is 0 Å². The second-order valence-electron chi connectivity index (χ2n) is 2.46. The molecule has 0 bridgehead atoms. The molecule has 0 aromatic rings. The zero-order valence-electron chi connectivity index (χ0n) is 6.24. The minimum atomic E-state index is -5.81. The van der Waals surface area contributed by atoms with Gasteiger partial charge in [0.05, 0.1) is 0 Å². The van der Waals surface area contributed by atoms with Gasteiger partial charge in [-0.3, -0.25) is 0 Å². The van der Waals surface area contributed by atoms with Crippen LogP contribution < -0.4 is 0 Å². The van der Waals surface area contributed by atoms with Gasteiger partial charge >= 0.3 is 17.8 Å². The van der Waals surface area contributed by atoms with Crippen LogP contribution in [0.4, 0.5) is 26.3 Å². The summed E-state index contributed by atoms with van der Waals surface area (Å²) in [5.74, 6) is -16.4. The lowest BCUT2D eigenvalue weighted by Crippen LogP contribution is -2.58. The molecule has 0 rings (SSSR count). The van der Waals surface area contributed by atoms with Crippen LogP contribution in [-0.2, 0) is 0 Å². The minimum absolute atomic E-state index is 0.441. The predicted molar refractivity (Wildman–Crippen MR) is 28.7 cm³/mol. The Labute approximate surface area is 68.8 Å². The van der Waals surface area contributed by atoms with Crippen molar-refractivity contribution in [2.24, 2.45) is 0 Å². The summed E-state index contributed by atoms with van der Waals surface area (Å²) in [5.41, 5.74) is 0. The number of hydrogen-bond acceptors (Lipinski definition) is 2. The van der Waals surface area contributed by atoms with Gasteiger partial charge in [-0.2, -0.15) is 26.3 Å². The van der Waals surface area contributed by atoms with E-state index in [0.29, 0.717) is 0 Å². The van der Waals surface area contributed by atoms with Crippen LogP contribution >= 0.6 is 0 Å². The van der Waals surface area contributed by atoms with E-state index in [1.54, 1.807) is 0 Å². The quantitative estimate of drug-likeness (QED) is 0.545. The van der Waals surface area contributed by atoms with Gasteiger partial charge in [-0.05, 0) is 0 Å². The summed E-state index contributed by atoms with van der Waals surface area (Å²) < 4.78 is 72.3. The van der Waals surface area contributed by atoms with E-state index in [2.05, 4.69) is 0 Å². The highest BCUT2D eigenvalue weighted by atomic mass is 19.3. The second-order valence-corrected chi connectivity index (χ2v) is 2.46. The van der Waals surface area contributed by atoms with Gasteiger partial charge < -0.3 is 10.2 Å². The molecule has 0 atom stereocenters. The van der Waals surface area contributed by atoms with Gasteiger partial charge in [0.15, 0.2) is 0 Å². The Morgan fingerprint density at radius 1 is 0.923 bits per heavy atom. The number of alkyl halides is 6. The van der Waals surface area contributed by atoms with E-state index in [4.69, 9.17) is 10.2 Å². The van der Waals surface area contributed by atoms with Gasteiger partial charge in [0.2, 0.25) is 6.29 Å². The predicted octanol–water partition coefficient (Wildman–Crippen LogP) is 1.22. The van der Waals surface area contributed by atoms with Crippen molar-refractivity contribution in [3.63, 3.8) is 0 Å². The molecular weight excluding hydrogens is 206 g/mol. The van der Waals surface area contributed by atoms with E-state index in [0.717, 1.165) is 0 Å². The van der Waals surface area contributed by atoms with Gasteiger partial charge in [-0.15, -0.1) is 0 Å². The molecule has 0 amide bonds. The first-order valence-corrected chi connectivity index (χ1v) is 2.94. The first-order valence-electron chi connectivity index (χ1n) is 2.94. The summed E-state index contributed by atoms with van der Waals surface area (Å²) in [7, 11) is 0. The summed E-state index contributed by atoms with van der Waals surface area (Å²) in [6.07, 6.45) is -3.84. The molecule has 0 aromatic heterocycles. The minimum Gasteiger partial charge on any atom is -0.363 e. The molecule has 13 heavy (non-hydrogen) atoms. The highest BCUT2D eigenvalue weighted by Gasteiger charge is 2.72. The van der Waals surface area contributed by atoms with E-state index < -0.39 is 31.0 Å². The van der Waals surface area contributed by atoms with Crippen molar-refractivity contribution in [3.8, 4) is 0 Å². The zero-order chi connectivity index (χ0) is 11.1. The third kappa shape index (κ3) is 1.88. The monoisotopic (exact) mass is 212 g/mol. The Hall–Kier alpha value is -0.500. The third-order valence-electron chi connectivity index (χ3n) is 1.29. The number of aliphatic hydroxyl groups is 2. The Bertz CT molecular complexity index is 184. The highest BCUT2D eigenvalue weighted by Crippen LogP contribution is 2.46. The Kier molecular flexibility index (Phi) is 2.90. The van der Waals surface area contributed by atoms with E-state index in [9.17, 15) is 26.3 Å². The van der Waals surface area contributed by atoms with Crippen molar-refractivity contribution in [2.45, 2.75) is 31.0 Å². The summed E-state index contributed by atoms with van der Waals surface area (Å²) in [4.78, 5) is 0. The Morgan fingerprint density at radius 3 is 1.31 bits per heavy atom. The molecule has 0 unspecified atom stereocenters. The van der Waals surface area contributed by atoms with Gasteiger partial charge in [0.1, 0.15) is 0 Å². The van der Waals surface area contributed by atoms with Crippen molar-refractivity contribution in [1.82, 2.24) is 0 Å². The maximum Gasteiger partial charge on any atom is 0.376 e. The van der Waals surface area contributed by atoms with Crippen LogP contribution in [0.3, 0.4) is 0 Å². The number of aliphatic hydroxyl groups excluding tert-OH is 1. The van der Waals surface area contributed by atoms with Crippen LogP contribution in [0.1, 0.15) is 6.92 Å². The van der Waals surface area contributed by atoms with Crippen LogP contribution in [0.2, 0.25) is 0 Å².